The molecular formula is C23H24N6O6. The second-order valence-electron chi connectivity index (χ2n) is 7.39. The van der Waals surface area contributed by atoms with E-state index in [0.29, 0.717) is 53.4 Å². The topological polar surface area (TPSA) is 153 Å². The van der Waals surface area contributed by atoms with Crippen molar-refractivity contribution >= 4 is 40.4 Å². The molecule has 0 aliphatic rings. The van der Waals surface area contributed by atoms with E-state index in [9.17, 15) is 9.59 Å². The molecule has 4 N–H and O–H groups in total. The lowest BCUT2D eigenvalue weighted by Gasteiger charge is -2.08. The van der Waals surface area contributed by atoms with Gasteiger partial charge in [-0.1, -0.05) is 5.16 Å². The number of carbonyl (C=O) groups is 2. The number of fused-ring (bicyclic) bond motifs is 1. The van der Waals surface area contributed by atoms with Crippen molar-refractivity contribution in [1.82, 2.24) is 15.1 Å². The number of imidazole rings is 1. The van der Waals surface area contributed by atoms with Crippen LogP contribution in [-0.2, 0) is 14.3 Å². The zero-order chi connectivity index (χ0) is 24.6. The van der Waals surface area contributed by atoms with Crippen LogP contribution in [0.5, 0.6) is 11.5 Å². The molecule has 0 spiro atoms. The Morgan fingerprint density at radius 3 is 2.54 bits per heavy atom. The Hall–Kier alpha value is -4.42. The Bertz CT molecular complexity index is 1300. The normalized spacial score (nSPS) is 10.8. The Morgan fingerprint density at radius 2 is 1.80 bits per heavy atom. The van der Waals surface area contributed by atoms with Crippen LogP contribution in [0.3, 0.4) is 0 Å². The predicted octanol–water partition coefficient (Wildman–Crippen LogP) is 3.90. The van der Waals surface area contributed by atoms with E-state index in [0.717, 1.165) is 5.52 Å². The third-order valence-electron chi connectivity index (χ3n) is 4.59. The second-order valence-corrected chi connectivity index (χ2v) is 7.39. The van der Waals surface area contributed by atoms with Gasteiger partial charge in [0.25, 0.3) is 5.91 Å². The number of methoxy groups -OCH3 is 1. The van der Waals surface area contributed by atoms with Crippen molar-refractivity contribution in [3.8, 4) is 11.5 Å². The van der Waals surface area contributed by atoms with Gasteiger partial charge in [0, 0.05) is 24.9 Å². The highest BCUT2D eigenvalue weighted by Crippen LogP contribution is 2.26. The van der Waals surface area contributed by atoms with Gasteiger partial charge in [-0.25, -0.2) is 9.78 Å². The molecule has 0 bridgehead atoms. The molecule has 0 aliphatic carbocycles. The summed E-state index contributed by atoms with van der Waals surface area (Å²) in [7, 11) is 1.56. The van der Waals surface area contributed by atoms with Gasteiger partial charge in [-0.2, -0.15) is 0 Å². The summed E-state index contributed by atoms with van der Waals surface area (Å²) >= 11 is 0. The maximum absolute atomic E-state index is 12.1. The quantitative estimate of drug-likeness (QED) is 0.249. The number of rotatable bonds is 10. The van der Waals surface area contributed by atoms with E-state index in [1.54, 1.807) is 62.6 Å². The molecule has 0 saturated heterocycles. The van der Waals surface area contributed by atoms with Gasteiger partial charge in [-0.05, 0) is 43.3 Å². The summed E-state index contributed by atoms with van der Waals surface area (Å²) in [5.74, 6) is 2.04. The number of nitrogens with zero attached hydrogens (tertiary/aromatic N) is 2. The first kappa shape index (κ1) is 23.7. The average molecular weight is 480 g/mol. The van der Waals surface area contributed by atoms with Crippen LogP contribution in [-0.4, -0.2) is 54.0 Å². The molecule has 12 heteroatoms. The number of H-pyrrole nitrogens is 1. The lowest BCUT2D eigenvalue weighted by molar-refractivity contribution is -0.121. The summed E-state index contributed by atoms with van der Waals surface area (Å²) in [5, 5.41) is 11.6. The molecule has 182 valence electrons. The fourth-order valence-corrected chi connectivity index (χ4v) is 3.03. The maximum atomic E-state index is 12.1. The third-order valence-corrected chi connectivity index (χ3v) is 4.59. The maximum Gasteiger partial charge on any atom is 0.324 e. The minimum atomic E-state index is -0.444. The molecule has 35 heavy (non-hydrogen) atoms. The van der Waals surface area contributed by atoms with Crippen molar-refractivity contribution in [2.75, 3.05) is 42.9 Å². The van der Waals surface area contributed by atoms with Gasteiger partial charge in [-0.15, -0.1) is 0 Å². The number of aromatic amines is 1. The number of urea groups is 1. The number of aromatic nitrogens is 3. The van der Waals surface area contributed by atoms with Crippen molar-refractivity contribution < 1.29 is 28.3 Å². The van der Waals surface area contributed by atoms with Crippen molar-refractivity contribution in [3.63, 3.8) is 0 Å². The first-order chi connectivity index (χ1) is 17.0. The van der Waals surface area contributed by atoms with E-state index >= 15 is 0 Å². The number of amides is 3. The van der Waals surface area contributed by atoms with E-state index in [4.69, 9.17) is 18.7 Å². The molecule has 0 unspecified atom stereocenters. The standard InChI is InChI=1S/C23H24N6O6/c1-14-11-20(29-35-14)27-23(31)24-15-3-5-16(6-4-15)34-17-7-8-18-19(12-17)26-22(25-18)28-21(30)13-33-10-9-32-2/h3-8,11-12H,9-10,13H2,1-2H3,(H2,24,27,29,31)(H2,25,26,28,30). The van der Waals surface area contributed by atoms with Crippen molar-refractivity contribution in [3.05, 3.63) is 54.3 Å². The zero-order valence-corrected chi connectivity index (χ0v) is 19.1. The van der Waals surface area contributed by atoms with Crippen LogP contribution in [0.25, 0.3) is 11.0 Å². The van der Waals surface area contributed by atoms with E-state index in [1.807, 2.05) is 0 Å². The van der Waals surface area contributed by atoms with Gasteiger partial charge in [0.15, 0.2) is 5.82 Å². The number of nitrogens with one attached hydrogen (secondary N) is 4. The molecular weight excluding hydrogens is 456 g/mol. The average Bonchev–Trinajstić information content (AvgIpc) is 3.42. The molecule has 4 rings (SSSR count). The van der Waals surface area contributed by atoms with Crippen molar-refractivity contribution in [1.29, 1.82) is 0 Å². The summed E-state index contributed by atoms with van der Waals surface area (Å²) < 4.78 is 20.9. The molecule has 0 atom stereocenters. The first-order valence-corrected chi connectivity index (χ1v) is 10.6. The van der Waals surface area contributed by atoms with Crippen LogP contribution < -0.4 is 20.7 Å². The summed E-state index contributed by atoms with van der Waals surface area (Å²) in [5.41, 5.74) is 1.93. The van der Waals surface area contributed by atoms with Crippen LogP contribution in [0.4, 0.5) is 22.2 Å². The number of carbonyl (C=O) groups excluding carboxylic acids is 2. The number of benzene rings is 2. The summed E-state index contributed by atoms with van der Waals surface area (Å²) in [6.07, 6.45) is 0. The largest absolute Gasteiger partial charge is 0.457 e. The highest BCUT2D eigenvalue weighted by Gasteiger charge is 2.10. The van der Waals surface area contributed by atoms with Crippen LogP contribution >= 0.6 is 0 Å². The van der Waals surface area contributed by atoms with Crippen molar-refractivity contribution in [2.45, 2.75) is 6.92 Å². The molecule has 2 aromatic heterocycles. The fourth-order valence-electron chi connectivity index (χ4n) is 3.03. The van der Waals surface area contributed by atoms with Crippen LogP contribution in [0.1, 0.15) is 5.76 Å². The molecule has 0 saturated carbocycles. The zero-order valence-electron chi connectivity index (χ0n) is 19.1. The minimum absolute atomic E-state index is 0.0961. The van der Waals surface area contributed by atoms with Gasteiger partial charge in [0.2, 0.25) is 5.95 Å². The third kappa shape index (κ3) is 6.79. The molecule has 0 fully saturated rings. The van der Waals surface area contributed by atoms with Gasteiger partial charge in [0.05, 0.1) is 24.2 Å². The van der Waals surface area contributed by atoms with E-state index < -0.39 is 6.03 Å². The fraction of sp³-hybridized carbons (Fsp3) is 0.217. The number of ether oxygens (including phenoxy) is 3. The van der Waals surface area contributed by atoms with Crippen LogP contribution in [0.2, 0.25) is 0 Å². The van der Waals surface area contributed by atoms with E-state index in [2.05, 4.69) is 31.1 Å². The molecule has 3 amide bonds. The monoisotopic (exact) mass is 480 g/mol. The molecule has 4 aromatic rings. The van der Waals surface area contributed by atoms with Crippen LogP contribution in [0.15, 0.2) is 53.1 Å². The number of aryl methyl sites for hydroxylation is 1. The van der Waals surface area contributed by atoms with Crippen LogP contribution in [0, 0.1) is 6.92 Å². The Kier molecular flexibility index (Phi) is 7.55. The summed E-state index contributed by atoms with van der Waals surface area (Å²) in [6, 6.07) is 13.4. The number of hydrogen-bond acceptors (Lipinski definition) is 8. The number of anilines is 3. The molecule has 2 heterocycles. The van der Waals surface area contributed by atoms with Gasteiger partial charge in [-0.3, -0.25) is 15.4 Å². The first-order valence-electron chi connectivity index (χ1n) is 10.6. The van der Waals surface area contributed by atoms with E-state index in [1.165, 1.54) is 0 Å². The smallest absolute Gasteiger partial charge is 0.324 e. The lowest BCUT2D eigenvalue weighted by Crippen LogP contribution is -2.20. The second kappa shape index (κ2) is 11.1. The molecule has 2 aromatic carbocycles. The van der Waals surface area contributed by atoms with Crippen molar-refractivity contribution in [2.24, 2.45) is 0 Å². The Balaban J connectivity index is 1.31. The Morgan fingerprint density at radius 1 is 1.00 bits per heavy atom. The minimum Gasteiger partial charge on any atom is -0.457 e. The Labute approximate surface area is 199 Å². The summed E-state index contributed by atoms with van der Waals surface area (Å²) in [4.78, 5) is 31.4. The molecule has 12 nitrogen and oxygen atoms in total. The lowest BCUT2D eigenvalue weighted by atomic mass is 10.3. The molecule has 0 aliphatic heterocycles. The summed E-state index contributed by atoms with van der Waals surface area (Å²) in [6.45, 7) is 2.38. The predicted molar refractivity (Wildman–Crippen MR) is 128 cm³/mol. The van der Waals surface area contributed by atoms with Gasteiger partial charge >= 0.3 is 6.03 Å². The highest BCUT2D eigenvalue weighted by atomic mass is 16.5. The van der Waals surface area contributed by atoms with Gasteiger partial charge < -0.3 is 29.0 Å². The SMILES string of the molecule is COCCOCC(=O)Nc1nc2cc(Oc3ccc(NC(=O)Nc4cc(C)on4)cc3)ccc2[nH]1. The van der Waals surface area contributed by atoms with Gasteiger partial charge in [0.1, 0.15) is 23.9 Å². The highest BCUT2D eigenvalue weighted by molar-refractivity contribution is 5.99. The number of hydrogen-bond donors (Lipinski definition) is 4. The van der Waals surface area contributed by atoms with E-state index in [-0.39, 0.29) is 12.5 Å². The molecule has 0 radical (unpaired) electrons.